The third kappa shape index (κ3) is 5.03. The molecule has 0 radical (unpaired) electrons. The number of alkyl halides is 3. The van der Waals surface area contributed by atoms with Crippen molar-refractivity contribution in [1.29, 1.82) is 0 Å². The number of carbonyl (C=O) groups is 2. The molecule has 0 aromatic heterocycles. The van der Waals surface area contributed by atoms with Crippen LogP contribution in [0.15, 0.2) is 42.5 Å². The Morgan fingerprint density at radius 1 is 1.17 bits per heavy atom. The van der Waals surface area contributed by atoms with Crippen LogP contribution in [0.4, 0.5) is 13.2 Å². The summed E-state index contributed by atoms with van der Waals surface area (Å²) in [5.41, 5.74) is 5.22. The molecule has 2 amide bonds. The molecule has 0 spiro atoms. The van der Waals surface area contributed by atoms with Crippen LogP contribution >= 0.6 is 0 Å². The minimum atomic E-state index is -4.45. The van der Waals surface area contributed by atoms with Gasteiger partial charge in [-0.2, -0.15) is 13.2 Å². The van der Waals surface area contributed by atoms with Crippen molar-refractivity contribution in [2.45, 2.75) is 25.1 Å². The van der Waals surface area contributed by atoms with Gasteiger partial charge in [0.25, 0.3) is 5.91 Å². The van der Waals surface area contributed by atoms with Gasteiger partial charge in [0.1, 0.15) is 0 Å². The van der Waals surface area contributed by atoms with Crippen LogP contribution < -0.4 is 20.5 Å². The highest BCUT2D eigenvalue weighted by atomic mass is 19.4. The zero-order chi connectivity index (χ0) is 21.9. The first-order valence-electron chi connectivity index (χ1n) is 9.22. The minimum absolute atomic E-state index is 0.155. The maximum atomic E-state index is 13.2. The number of hydrogen-bond acceptors (Lipinski definition) is 4. The topological polar surface area (TPSA) is 90.7 Å². The molecule has 30 heavy (non-hydrogen) atoms. The average molecular weight is 422 g/mol. The summed E-state index contributed by atoms with van der Waals surface area (Å²) in [4.78, 5) is 23.3. The molecule has 2 atom stereocenters. The zero-order valence-electron chi connectivity index (χ0n) is 16.2. The highest BCUT2D eigenvalue weighted by Gasteiger charge is 2.47. The van der Waals surface area contributed by atoms with Crippen molar-refractivity contribution < 1.29 is 32.2 Å². The first-order valence-corrected chi connectivity index (χ1v) is 9.22. The van der Waals surface area contributed by atoms with E-state index in [0.29, 0.717) is 23.5 Å². The van der Waals surface area contributed by atoms with Crippen molar-refractivity contribution in [2.75, 3.05) is 13.7 Å². The van der Waals surface area contributed by atoms with Gasteiger partial charge in [0.15, 0.2) is 18.1 Å². The van der Waals surface area contributed by atoms with Gasteiger partial charge in [0.2, 0.25) is 5.91 Å². The van der Waals surface area contributed by atoms with Crippen LogP contribution in [0.1, 0.15) is 29.0 Å². The molecule has 160 valence electrons. The van der Waals surface area contributed by atoms with Crippen LogP contribution in [-0.2, 0) is 22.3 Å². The Bertz CT molecular complexity index is 946. The van der Waals surface area contributed by atoms with E-state index in [1.807, 2.05) is 0 Å². The van der Waals surface area contributed by atoms with Crippen LogP contribution in [0.3, 0.4) is 0 Å². The summed E-state index contributed by atoms with van der Waals surface area (Å²) in [5, 5.41) is 2.75. The van der Waals surface area contributed by atoms with E-state index in [2.05, 4.69) is 5.32 Å². The van der Waals surface area contributed by atoms with Crippen LogP contribution in [0.25, 0.3) is 0 Å². The van der Waals surface area contributed by atoms with Gasteiger partial charge in [-0.15, -0.1) is 0 Å². The fourth-order valence-electron chi connectivity index (χ4n) is 3.32. The fraction of sp³-hybridized carbons (Fsp3) is 0.333. The Labute approximate surface area is 171 Å². The Kier molecular flexibility index (Phi) is 6.19. The van der Waals surface area contributed by atoms with E-state index in [-0.39, 0.29) is 24.6 Å². The number of ether oxygens (including phenoxy) is 2. The van der Waals surface area contributed by atoms with E-state index in [9.17, 15) is 22.8 Å². The smallest absolute Gasteiger partial charge is 0.416 e. The van der Waals surface area contributed by atoms with Crippen molar-refractivity contribution in [2.24, 2.45) is 11.7 Å². The molecule has 2 aromatic carbocycles. The fourth-order valence-corrected chi connectivity index (χ4v) is 3.32. The molecule has 1 aliphatic carbocycles. The summed E-state index contributed by atoms with van der Waals surface area (Å²) in [6, 6.07) is 10.3. The number of benzene rings is 2. The summed E-state index contributed by atoms with van der Waals surface area (Å²) < 4.78 is 50.0. The molecule has 1 saturated carbocycles. The van der Waals surface area contributed by atoms with Gasteiger partial charge in [0.05, 0.1) is 12.7 Å². The van der Waals surface area contributed by atoms with Crippen molar-refractivity contribution in [1.82, 2.24) is 5.32 Å². The summed E-state index contributed by atoms with van der Waals surface area (Å²) in [6.45, 7) is -0.121. The number of nitrogens with one attached hydrogen (secondary N) is 1. The lowest BCUT2D eigenvalue weighted by Crippen LogP contribution is -2.25. The summed E-state index contributed by atoms with van der Waals surface area (Å²) in [6.07, 6.45) is -4.07. The van der Waals surface area contributed by atoms with Gasteiger partial charge in [-0.3, -0.25) is 9.59 Å². The van der Waals surface area contributed by atoms with Crippen molar-refractivity contribution >= 4 is 11.8 Å². The zero-order valence-corrected chi connectivity index (χ0v) is 16.2. The van der Waals surface area contributed by atoms with Crippen molar-refractivity contribution in [3.05, 3.63) is 59.2 Å². The quantitative estimate of drug-likeness (QED) is 0.684. The van der Waals surface area contributed by atoms with Gasteiger partial charge < -0.3 is 20.5 Å². The maximum Gasteiger partial charge on any atom is 0.416 e. The highest BCUT2D eigenvalue weighted by molar-refractivity contribution is 5.83. The molecule has 0 aliphatic heterocycles. The summed E-state index contributed by atoms with van der Waals surface area (Å²) in [5.74, 6) is -1.16. The lowest BCUT2D eigenvalue weighted by molar-refractivity contribution is -0.138. The van der Waals surface area contributed by atoms with E-state index in [1.165, 1.54) is 19.2 Å². The molecule has 1 aliphatic rings. The molecule has 1 fully saturated rings. The molecular weight excluding hydrogens is 401 g/mol. The first kappa shape index (κ1) is 21.5. The second-order valence-electron chi connectivity index (χ2n) is 6.99. The maximum absolute atomic E-state index is 13.2. The molecule has 0 heterocycles. The second-order valence-corrected chi connectivity index (χ2v) is 6.99. The van der Waals surface area contributed by atoms with Crippen LogP contribution in [0.5, 0.6) is 11.5 Å². The molecule has 6 nitrogen and oxygen atoms in total. The number of nitrogens with two attached hydrogens (primary N) is 1. The Hall–Kier alpha value is -3.23. The predicted octanol–water partition coefficient (Wildman–Crippen LogP) is 3.00. The number of carbonyl (C=O) groups excluding carboxylic acids is 2. The van der Waals surface area contributed by atoms with Crippen molar-refractivity contribution in [3.63, 3.8) is 0 Å². The van der Waals surface area contributed by atoms with Gasteiger partial charge >= 0.3 is 6.18 Å². The SMILES string of the molecule is COc1cc(CNC(=O)C2CC2c2ccccc2C(F)(F)F)ccc1OCC(N)=O. The largest absolute Gasteiger partial charge is 0.493 e. The molecule has 3 rings (SSSR count). The summed E-state index contributed by atoms with van der Waals surface area (Å²) in [7, 11) is 1.43. The van der Waals surface area contributed by atoms with Gasteiger partial charge in [0, 0.05) is 12.5 Å². The summed E-state index contributed by atoms with van der Waals surface area (Å²) >= 11 is 0. The third-order valence-corrected chi connectivity index (χ3v) is 4.86. The Balaban J connectivity index is 1.60. The van der Waals surface area contributed by atoms with Gasteiger partial charge in [-0.1, -0.05) is 24.3 Å². The van der Waals surface area contributed by atoms with E-state index in [4.69, 9.17) is 15.2 Å². The minimum Gasteiger partial charge on any atom is -0.493 e. The molecule has 0 saturated heterocycles. The number of methoxy groups -OCH3 is 1. The van der Waals surface area contributed by atoms with Gasteiger partial charge in [-0.05, 0) is 41.7 Å². The van der Waals surface area contributed by atoms with E-state index in [0.717, 1.165) is 6.07 Å². The Morgan fingerprint density at radius 3 is 2.57 bits per heavy atom. The molecule has 3 N–H and O–H groups in total. The molecule has 0 bridgehead atoms. The normalized spacial score (nSPS) is 17.9. The van der Waals surface area contributed by atoms with Crippen LogP contribution in [0.2, 0.25) is 0 Å². The molecule has 2 aromatic rings. The van der Waals surface area contributed by atoms with Crippen LogP contribution in [0, 0.1) is 5.92 Å². The number of amides is 2. The van der Waals surface area contributed by atoms with E-state index in [1.54, 1.807) is 24.3 Å². The van der Waals surface area contributed by atoms with E-state index < -0.39 is 29.5 Å². The van der Waals surface area contributed by atoms with Crippen molar-refractivity contribution in [3.8, 4) is 11.5 Å². The van der Waals surface area contributed by atoms with Crippen LogP contribution in [-0.4, -0.2) is 25.5 Å². The van der Waals surface area contributed by atoms with Gasteiger partial charge in [-0.25, -0.2) is 0 Å². The Morgan fingerprint density at radius 2 is 1.90 bits per heavy atom. The lowest BCUT2D eigenvalue weighted by Gasteiger charge is -2.13. The molecule has 9 heteroatoms. The molecular formula is C21H21F3N2O4. The number of halogens is 3. The number of primary amides is 1. The van der Waals surface area contributed by atoms with E-state index >= 15 is 0 Å². The third-order valence-electron chi connectivity index (χ3n) is 4.86. The second kappa shape index (κ2) is 8.64. The average Bonchev–Trinajstić information content (AvgIpc) is 3.51. The lowest BCUT2D eigenvalue weighted by atomic mass is 10.0. The number of hydrogen-bond donors (Lipinski definition) is 2. The number of rotatable bonds is 8. The first-order chi connectivity index (χ1) is 14.2. The highest BCUT2D eigenvalue weighted by Crippen LogP contribution is 2.51. The predicted molar refractivity (Wildman–Crippen MR) is 102 cm³/mol. The molecule has 2 unspecified atom stereocenters. The monoisotopic (exact) mass is 422 g/mol. The standard InChI is InChI=1S/C21H21F3N2O4/c1-29-18-8-12(6-7-17(18)30-11-19(25)27)10-26-20(28)15-9-14(15)13-4-2-3-5-16(13)21(22,23)24/h2-8,14-15H,9-11H2,1H3,(H2,25,27)(H,26,28).